The van der Waals surface area contributed by atoms with E-state index in [1.807, 2.05) is 62.4 Å². The summed E-state index contributed by atoms with van der Waals surface area (Å²) in [7, 11) is 0. The Balaban J connectivity index is 1.91. The first-order valence-corrected chi connectivity index (χ1v) is 12.3. The predicted octanol–water partition coefficient (Wildman–Crippen LogP) is 6.85. The van der Waals surface area contributed by atoms with Crippen molar-refractivity contribution in [3.05, 3.63) is 105 Å². The number of benzene rings is 3. The van der Waals surface area contributed by atoms with Gasteiger partial charge in [-0.3, -0.25) is 4.79 Å². The van der Waals surface area contributed by atoms with E-state index in [1.54, 1.807) is 30.4 Å². The van der Waals surface area contributed by atoms with E-state index >= 15 is 0 Å². The standard InChI is InChI=1S/C29H27IN2O3/c1-4-6-23-15-22(16-24(18-31)29(33)32-26-13-7-20(3)8-14-26)17-27(34-5-2)28(23)35-19-21-9-11-25(30)12-10-21/h4,7-17H,1,5-6,19H2,2-3H3,(H,32,33)/b24-16-. The fraction of sp³-hybridized carbons (Fsp3) is 0.172. The number of nitrogens with zero attached hydrogens (tertiary/aromatic N) is 1. The highest BCUT2D eigenvalue weighted by molar-refractivity contribution is 14.1. The molecule has 3 aromatic carbocycles. The molecule has 0 saturated carbocycles. The third-order valence-corrected chi connectivity index (χ3v) is 5.82. The number of aryl methyl sites for hydroxylation is 1. The maximum Gasteiger partial charge on any atom is 0.266 e. The van der Waals surface area contributed by atoms with E-state index in [1.165, 1.54) is 0 Å². The van der Waals surface area contributed by atoms with Crippen LogP contribution in [0.2, 0.25) is 0 Å². The predicted molar refractivity (Wildman–Crippen MR) is 148 cm³/mol. The third-order valence-electron chi connectivity index (χ3n) is 5.10. The molecule has 1 N–H and O–H groups in total. The van der Waals surface area contributed by atoms with Gasteiger partial charge in [0.2, 0.25) is 0 Å². The highest BCUT2D eigenvalue weighted by atomic mass is 127. The highest BCUT2D eigenvalue weighted by Crippen LogP contribution is 2.35. The van der Waals surface area contributed by atoms with Gasteiger partial charge in [-0.2, -0.15) is 5.26 Å². The van der Waals surface area contributed by atoms with Crippen LogP contribution in [0.4, 0.5) is 5.69 Å². The first-order chi connectivity index (χ1) is 16.9. The molecule has 3 aromatic rings. The Bertz CT molecular complexity index is 1260. The van der Waals surface area contributed by atoms with Crippen LogP contribution >= 0.6 is 22.6 Å². The second-order valence-corrected chi connectivity index (χ2v) is 9.08. The number of nitriles is 1. The Morgan fingerprint density at radius 3 is 2.46 bits per heavy atom. The molecule has 0 aromatic heterocycles. The van der Waals surface area contributed by atoms with E-state index in [4.69, 9.17) is 9.47 Å². The summed E-state index contributed by atoms with van der Waals surface area (Å²) in [6.45, 7) is 8.56. The number of hydrogen-bond acceptors (Lipinski definition) is 4. The molecular formula is C29H27IN2O3. The summed E-state index contributed by atoms with van der Waals surface area (Å²) in [4.78, 5) is 12.7. The molecule has 178 valence electrons. The Morgan fingerprint density at radius 2 is 1.83 bits per heavy atom. The first-order valence-electron chi connectivity index (χ1n) is 11.2. The molecular weight excluding hydrogens is 551 g/mol. The third kappa shape index (κ3) is 7.46. The van der Waals surface area contributed by atoms with Gasteiger partial charge in [0.25, 0.3) is 5.91 Å². The molecule has 0 aliphatic carbocycles. The molecule has 1 amide bonds. The van der Waals surface area contributed by atoms with Crippen LogP contribution in [0, 0.1) is 21.8 Å². The maximum atomic E-state index is 12.7. The van der Waals surface area contributed by atoms with Gasteiger partial charge in [0.1, 0.15) is 18.2 Å². The lowest BCUT2D eigenvalue weighted by Crippen LogP contribution is -2.13. The summed E-state index contributed by atoms with van der Waals surface area (Å²) in [5.74, 6) is 0.712. The van der Waals surface area contributed by atoms with Crippen molar-refractivity contribution in [2.75, 3.05) is 11.9 Å². The summed E-state index contributed by atoms with van der Waals surface area (Å²) < 4.78 is 13.2. The maximum absolute atomic E-state index is 12.7. The lowest BCUT2D eigenvalue weighted by atomic mass is 10.0. The normalized spacial score (nSPS) is 10.9. The van der Waals surface area contributed by atoms with Gasteiger partial charge in [0.15, 0.2) is 11.5 Å². The van der Waals surface area contributed by atoms with Crippen LogP contribution in [0.3, 0.4) is 0 Å². The lowest BCUT2D eigenvalue weighted by Gasteiger charge is -2.17. The van der Waals surface area contributed by atoms with Crippen molar-refractivity contribution in [1.82, 2.24) is 0 Å². The molecule has 0 radical (unpaired) electrons. The quantitative estimate of drug-likeness (QED) is 0.124. The summed E-state index contributed by atoms with van der Waals surface area (Å²) in [5.41, 5.74) is 4.28. The molecule has 0 heterocycles. The number of ether oxygens (including phenoxy) is 2. The fourth-order valence-corrected chi connectivity index (χ4v) is 3.75. The van der Waals surface area contributed by atoms with Crippen molar-refractivity contribution in [3.8, 4) is 17.6 Å². The van der Waals surface area contributed by atoms with Crippen LogP contribution in [0.5, 0.6) is 11.5 Å². The van der Waals surface area contributed by atoms with Crippen molar-refractivity contribution < 1.29 is 14.3 Å². The number of hydrogen-bond donors (Lipinski definition) is 1. The average Bonchev–Trinajstić information content (AvgIpc) is 2.85. The number of allylic oxidation sites excluding steroid dienone is 1. The topological polar surface area (TPSA) is 71.4 Å². The molecule has 0 aliphatic heterocycles. The van der Waals surface area contributed by atoms with Gasteiger partial charge < -0.3 is 14.8 Å². The Hall–Kier alpha value is -3.57. The zero-order chi connectivity index (χ0) is 25.2. The largest absolute Gasteiger partial charge is 0.490 e. The second-order valence-electron chi connectivity index (χ2n) is 7.84. The van der Waals surface area contributed by atoms with Gasteiger partial charge >= 0.3 is 0 Å². The number of anilines is 1. The molecule has 0 atom stereocenters. The Kier molecular flexibility index (Phi) is 9.50. The van der Waals surface area contributed by atoms with Gasteiger partial charge in [-0.1, -0.05) is 35.9 Å². The molecule has 0 fully saturated rings. The van der Waals surface area contributed by atoms with Crippen LogP contribution < -0.4 is 14.8 Å². The van der Waals surface area contributed by atoms with Crippen LogP contribution in [-0.4, -0.2) is 12.5 Å². The first kappa shape index (κ1) is 26.0. The second kappa shape index (κ2) is 12.8. The van der Waals surface area contributed by atoms with E-state index in [0.717, 1.165) is 20.3 Å². The van der Waals surface area contributed by atoms with Crippen molar-refractivity contribution in [2.24, 2.45) is 0 Å². The van der Waals surface area contributed by atoms with E-state index in [0.29, 0.717) is 42.4 Å². The van der Waals surface area contributed by atoms with Crippen molar-refractivity contribution in [1.29, 1.82) is 5.26 Å². The SMILES string of the molecule is C=CCc1cc(/C=C(/C#N)C(=O)Nc2ccc(C)cc2)cc(OCC)c1OCc1ccc(I)cc1. The monoisotopic (exact) mass is 578 g/mol. The fourth-order valence-electron chi connectivity index (χ4n) is 3.39. The minimum Gasteiger partial charge on any atom is -0.490 e. The summed E-state index contributed by atoms with van der Waals surface area (Å²) in [6, 6.07) is 21.2. The molecule has 0 spiro atoms. The van der Waals surface area contributed by atoms with Gasteiger partial charge in [-0.15, -0.1) is 6.58 Å². The number of carbonyl (C=O) groups excluding carboxylic acids is 1. The number of amides is 1. The molecule has 0 bridgehead atoms. The highest BCUT2D eigenvalue weighted by Gasteiger charge is 2.15. The van der Waals surface area contributed by atoms with E-state index in [9.17, 15) is 10.1 Å². The van der Waals surface area contributed by atoms with Crippen molar-refractivity contribution >= 4 is 40.3 Å². The number of carbonyl (C=O) groups is 1. The summed E-state index contributed by atoms with van der Waals surface area (Å²) >= 11 is 2.27. The smallest absolute Gasteiger partial charge is 0.266 e. The van der Waals surface area contributed by atoms with E-state index in [-0.39, 0.29) is 5.57 Å². The van der Waals surface area contributed by atoms with E-state index in [2.05, 4.69) is 34.5 Å². The molecule has 3 rings (SSSR count). The molecule has 5 nitrogen and oxygen atoms in total. The number of halogens is 1. The number of nitrogens with one attached hydrogen (secondary N) is 1. The average molecular weight is 578 g/mol. The van der Waals surface area contributed by atoms with Gasteiger partial charge in [-0.05, 0) is 96.5 Å². The van der Waals surface area contributed by atoms with Gasteiger partial charge in [-0.25, -0.2) is 0 Å². The lowest BCUT2D eigenvalue weighted by molar-refractivity contribution is -0.112. The minimum atomic E-state index is -0.474. The molecule has 35 heavy (non-hydrogen) atoms. The zero-order valence-electron chi connectivity index (χ0n) is 19.8. The van der Waals surface area contributed by atoms with Crippen molar-refractivity contribution in [3.63, 3.8) is 0 Å². The van der Waals surface area contributed by atoms with Gasteiger partial charge in [0.05, 0.1) is 6.61 Å². The Labute approximate surface area is 220 Å². The molecule has 0 unspecified atom stereocenters. The summed E-state index contributed by atoms with van der Waals surface area (Å²) in [5, 5.41) is 12.4. The van der Waals surface area contributed by atoms with Crippen LogP contribution in [0.25, 0.3) is 6.08 Å². The molecule has 6 heteroatoms. The summed E-state index contributed by atoms with van der Waals surface area (Å²) in [6.07, 6.45) is 3.88. The van der Waals surface area contributed by atoms with Crippen LogP contribution in [0.15, 0.2) is 78.9 Å². The Morgan fingerprint density at radius 1 is 1.11 bits per heavy atom. The van der Waals surface area contributed by atoms with Crippen LogP contribution in [-0.2, 0) is 17.8 Å². The van der Waals surface area contributed by atoms with Crippen molar-refractivity contribution in [2.45, 2.75) is 26.9 Å². The van der Waals surface area contributed by atoms with Gasteiger partial charge in [0, 0.05) is 14.8 Å². The van der Waals surface area contributed by atoms with E-state index < -0.39 is 5.91 Å². The molecule has 0 aliphatic rings. The minimum absolute atomic E-state index is 0.00914. The molecule has 0 saturated heterocycles. The zero-order valence-corrected chi connectivity index (χ0v) is 22.0. The number of rotatable bonds is 10. The van der Waals surface area contributed by atoms with Crippen LogP contribution in [0.1, 0.15) is 29.2 Å².